The second-order valence-electron chi connectivity index (χ2n) is 2.92. The molecule has 0 aliphatic heterocycles. The van der Waals surface area contributed by atoms with E-state index in [-0.39, 0.29) is 17.1 Å². The van der Waals surface area contributed by atoms with E-state index in [1.807, 2.05) is 0 Å². The summed E-state index contributed by atoms with van der Waals surface area (Å²) in [7, 11) is 0. The van der Waals surface area contributed by atoms with E-state index in [0.717, 1.165) is 0 Å². The van der Waals surface area contributed by atoms with Crippen LogP contribution >= 0.6 is 11.6 Å². The number of hydrogen-bond acceptors (Lipinski definition) is 4. The number of rotatable bonds is 4. The predicted molar refractivity (Wildman–Crippen MR) is 55.2 cm³/mol. The third-order valence-corrected chi connectivity index (χ3v) is 2.06. The summed E-state index contributed by atoms with van der Waals surface area (Å²) in [6.07, 6.45) is 1.04. The average Bonchev–Trinajstić information content (AvgIpc) is 2.25. The summed E-state index contributed by atoms with van der Waals surface area (Å²) in [6.45, 7) is -0.382. The Hall–Kier alpha value is -1.66. The summed E-state index contributed by atoms with van der Waals surface area (Å²) >= 11 is 5.69. The summed E-state index contributed by atoms with van der Waals surface area (Å²) in [5, 5.41) is 19.7. The Kier molecular flexibility index (Phi) is 4.21. The first-order valence-corrected chi connectivity index (χ1v) is 4.68. The molecule has 16 heavy (non-hydrogen) atoms. The number of aliphatic hydroxyl groups excluding tert-OH is 1. The molecular formula is C9H9ClN2O4. The van der Waals surface area contributed by atoms with Crippen LogP contribution in [0.25, 0.3) is 0 Å². The van der Waals surface area contributed by atoms with Crippen LogP contribution in [-0.4, -0.2) is 39.7 Å². The van der Waals surface area contributed by atoms with Crippen LogP contribution in [-0.2, 0) is 4.79 Å². The fourth-order valence-corrected chi connectivity index (χ4v) is 1.14. The van der Waals surface area contributed by atoms with Crippen LogP contribution in [0.4, 0.5) is 0 Å². The Balaban J connectivity index is 2.60. The second kappa shape index (κ2) is 5.43. The van der Waals surface area contributed by atoms with Crippen molar-refractivity contribution in [1.82, 2.24) is 10.3 Å². The number of carboxylic acid groups (broad SMARTS) is 1. The van der Waals surface area contributed by atoms with E-state index < -0.39 is 18.0 Å². The molecule has 0 aliphatic carbocycles. The van der Waals surface area contributed by atoms with Gasteiger partial charge in [-0.3, -0.25) is 9.78 Å². The highest BCUT2D eigenvalue weighted by molar-refractivity contribution is 6.33. The van der Waals surface area contributed by atoms with Crippen molar-refractivity contribution >= 4 is 23.5 Å². The summed E-state index contributed by atoms with van der Waals surface area (Å²) in [5.74, 6) is -1.96. The topological polar surface area (TPSA) is 99.5 Å². The van der Waals surface area contributed by atoms with Gasteiger partial charge in [-0.05, 0) is 6.07 Å². The van der Waals surface area contributed by atoms with Crippen LogP contribution in [0.5, 0.6) is 0 Å². The first kappa shape index (κ1) is 12.4. The lowest BCUT2D eigenvalue weighted by atomic mass is 10.2. The van der Waals surface area contributed by atoms with E-state index in [1.54, 1.807) is 0 Å². The number of nitrogens with one attached hydrogen (secondary N) is 1. The minimum absolute atomic E-state index is 0.157. The van der Waals surface area contributed by atoms with Crippen LogP contribution in [0.3, 0.4) is 0 Å². The van der Waals surface area contributed by atoms with Crippen molar-refractivity contribution in [2.24, 2.45) is 0 Å². The Bertz CT molecular complexity index is 410. The van der Waals surface area contributed by atoms with Gasteiger partial charge in [-0.1, -0.05) is 11.6 Å². The minimum Gasteiger partial charge on any atom is -0.479 e. The van der Waals surface area contributed by atoms with Gasteiger partial charge in [0.15, 0.2) is 6.10 Å². The molecule has 0 spiro atoms. The van der Waals surface area contributed by atoms with Crippen molar-refractivity contribution in [2.75, 3.05) is 6.54 Å². The highest BCUT2D eigenvalue weighted by atomic mass is 35.5. The van der Waals surface area contributed by atoms with Gasteiger partial charge in [0.25, 0.3) is 5.91 Å². The average molecular weight is 245 g/mol. The van der Waals surface area contributed by atoms with Gasteiger partial charge in [0, 0.05) is 12.4 Å². The zero-order valence-corrected chi connectivity index (χ0v) is 8.81. The zero-order valence-electron chi connectivity index (χ0n) is 8.05. The maximum atomic E-state index is 11.5. The molecule has 86 valence electrons. The summed E-state index contributed by atoms with van der Waals surface area (Å²) in [5.41, 5.74) is 0.175. The molecule has 0 radical (unpaired) electrons. The molecule has 1 heterocycles. The third-order valence-electron chi connectivity index (χ3n) is 1.76. The molecule has 0 aromatic carbocycles. The number of carbonyl (C=O) groups excluding carboxylic acids is 1. The van der Waals surface area contributed by atoms with Gasteiger partial charge in [0.05, 0.1) is 17.1 Å². The van der Waals surface area contributed by atoms with E-state index >= 15 is 0 Å². The molecule has 0 fully saturated rings. The normalized spacial score (nSPS) is 11.9. The van der Waals surface area contributed by atoms with Gasteiger partial charge in [0.2, 0.25) is 0 Å². The minimum atomic E-state index is -1.63. The third kappa shape index (κ3) is 3.18. The lowest BCUT2D eigenvalue weighted by Gasteiger charge is -2.08. The zero-order chi connectivity index (χ0) is 12.1. The SMILES string of the molecule is O=C(NC[C@H](O)C(=O)O)c1ccncc1Cl. The van der Waals surface area contributed by atoms with Crippen LogP contribution in [0.15, 0.2) is 18.5 Å². The van der Waals surface area contributed by atoms with E-state index in [2.05, 4.69) is 10.3 Å². The smallest absolute Gasteiger partial charge is 0.334 e. The predicted octanol–water partition coefficient (Wildman–Crippen LogP) is -0.0897. The van der Waals surface area contributed by atoms with Crippen molar-refractivity contribution in [3.05, 3.63) is 29.0 Å². The quantitative estimate of drug-likeness (QED) is 0.687. The summed E-state index contributed by atoms with van der Waals surface area (Å²) in [6, 6.07) is 1.39. The highest BCUT2D eigenvalue weighted by Crippen LogP contribution is 2.12. The Morgan fingerprint density at radius 1 is 1.56 bits per heavy atom. The molecule has 7 heteroatoms. The second-order valence-corrected chi connectivity index (χ2v) is 3.33. The number of carbonyl (C=O) groups is 2. The maximum Gasteiger partial charge on any atom is 0.334 e. The molecule has 6 nitrogen and oxygen atoms in total. The van der Waals surface area contributed by atoms with Crippen LogP contribution in [0.2, 0.25) is 5.02 Å². The number of amides is 1. The van der Waals surface area contributed by atoms with Crippen molar-refractivity contribution in [3.63, 3.8) is 0 Å². The standard InChI is InChI=1S/C9H9ClN2O4/c10-6-3-11-2-1-5(6)8(14)12-4-7(13)9(15)16/h1-3,7,13H,4H2,(H,12,14)(H,15,16)/t7-/m0/s1. The van der Waals surface area contributed by atoms with Crippen molar-refractivity contribution in [1.29, 1.82) is 0 Å². The molecule has 1 rings (SSSR count). The number of halogens is 1. The lowest BCUT2D eigenvalue weighted by Crippen LogP contribution is -2.36. The summed E-state index contributed by atoms with van der Waals surface area (Å²) in [4.78, 5) is 25.4. The van der Waals surface area contributed by atoms with E-state index in [9.17, 15) is 9.59 Å². The largest absolute Gasteiger partial charge is 0.479 e. The number of hydrogen-bond donors (Lipinski definition) is 3. The molecule has 0 unspecified atom stereocenters. The van der Waals surface area contributed by atoms with Crippen molar-refractivity contribution in [2.45, 2.75) is 6.10 Å². The molecule has 0 aliphatic rings. The molecule has 3 N–H and O–H groups in total. The molecule has 1 aromatic rings. The van der Waals surface area contributed by atoms with Crippen LogP contribution < -0.4 is 5.32 Å². The number of pyridine rings is 1. The number of carboxylic acids is 1. The van der Waals surface area contributed by atoms with Crippen LogP contribution in [0, 0.1) is 0 Å². The van der Waals surface area contributed by atoms with Gasteiger partial charge in [-0.25, -0.2) is 4.79 Å². The van der Waals surface area contributed by atoms with Crippen molar-refractivity contribution < 1.29 is 19.8 Å². The van der Waals surface area contributed by atoms with Gasteiger partial charge >= 0.3 is 5.97 Å². The fraction of sp³-hybridized carbons (Fsp3) is 0.222. The molecule has 1 aromatic heterocycles. The number of aliphatic carboxylic acids is 1. The Morgan fingerprint density at radius 3 is 2.81 bits per heavy atom. The Morgan fingerprint density at radius 2 is 2.25 bits per heavy atom. The van der Waals surface area contributed by atoms with Gasteiger partial charge < -0.3 is 15.5 Å². The molecule has 0 saturated carbocycles. The lowest BCUT2D eigenvalue weighted by molar-refractivity contribution is -0.146. The number of aliphatic hydroxyl groups is 1. The fourth-order valence-electron chi connectivity index (χ4n) is 0.931. The molecule has 0 saturated heterocycles. The number of nitrogens with zero attached hydrogens (tertiary/aromatic N) is 1. The Labute approximate surface area is 95.9 Å². The number of aromatic nitrogens is 1. The van der Waals surface area contributed by atoms with E-state index in [1.165, 1.54) is 18.5 Å². The van der Waals surface area contributed by atoms with Gasteiger partial charge in [0.1, 0.15) is 0 Å². The van der Waals surface area contributed by atoms with Gasteiger partial charge in [-0.2, -0.15) is 0 Å². The molecule has 0 bridgehead atoms. The monoisotopic (exact) mass is 244 g/mol. The first-order valence-electron chi connectivity index (χ1n) is 4.31. The highest BCUT2D eigenvalue weighted by Gasteiger charge is 2.16. The first-order chi connectivity index (χ1) is 7.52. The molecule has 1 amide bonds. The molecular weight excluding hydrogens is 236 g/mol. The molecule has 1 atom stereocenters. The van der Waals surface area contributed by atoms with E-state index in [0.29, 0.717) is 0 Å². The van der Waals surface area contributed by atoms with E-state index in [4.69, 9.17) is 21.8 Å². The van der Waals surface area contributed by atoms with Crippen LogP contribution in [0.1, 0.15) is 10.4 Å². The summed E-state index contributed by atoms with van der Waals surface area (Å²) < 4.78 is 0. The van der Waals surface area contributed by atoms with Gasteiger partial charge in [-0.15, -0.1) is 0 Å². The van der Waals surface area contributed by atoms with Crippen molar-refractivity contribution in [3.8, 4) is 0 Å². The maximum absolute atomic E-state index is 11.5.